The van der Waals surface area contributed by atoms with Crippen LogP contribution in [0.2, 0.25) is 0 Å². The Morgan fingerprint density at radius 2 is 1.94 bits per heavy atom. The van der Waals surface area contributed by atoms with Gasteiger partial charge in [-0.05, 0) is 24.8 Å². The van der Waals surface area contributed by atoms with Gasteiger partial charge < -0.3 is 14.4 Å². The van der Waals surface area contributed by atoms with E-state index in [-0.39, 0.29) is 0 Å². The highest BCUT2D eigenvalue weighted by Crippen LogP contribution is 2.27. The number of hydrogen-bond donors (Lipinski definition) is 0. The molecule has 3 heteroatoms. The molecule has 0 N–H and O–H groups in total. The lowest BCUT2D eigenvalue weighted by atomic mass is 9.88. The zero-order valence-electron chi connectivity index (χ0n) is 11.7. The van der Waals surface area contributed by atoms with Crippen molar-refractivity contribution in [2.75, 3.05) is 40.0 Å². The largest absolute Gasteiger partial charge is 0.378 e. The van der Waals surface area contributed by atoms with Crippen LogP contribution in [0.15, 0.2) is 0 Å². The molecule has 3 unspecified atom stereocenters. The van der Waals surface area contributed by atoms with Gasteiger partial charge in [0.25, 0.3) is 0 Å². The molecular formula is C14H27NO2. The topological polar surface area (TPSA) is 21.7 Å². The molecule has 0 amide bonds. The van der Waals surface area contributed by atoms with Crippen molar-refractivity contribution < 1.29 is 9.47 Å². The van der Waals surface area contributed by atoms with E-state index in [1.165, 1.54) is 13.1 Å². The van der Waals surface area contributed by atoms with Crippen LogP contribution in [0.4, 0.5) is 0 Å². The molecule has 0 aliphatic carbocycles. The smallest absolute Gasteiger partial charge is 0.0861 e. The Labute approximate surface area is 105 Å². The summed E-state index contributed by atoms with van der Waals surface area (Å²) < 4.78 is 11.6. The van der Waals surface area contributed by atoms with E-state index in [0.29, 0.717) is 23.9 Å². The zero-order chi connectivity index (χ0) is 12.4. The van der Waals surface area contributed by atoms with Gasteiger partial charge in [-0.25, -0.2) is 0 Å². The molecule has 0 saturated carbocycles. The van der Waals surface area contributed by atoms with Crippen LogP contribution >= 0.6 is 0 Å². The maximum absolute atomic E-state index is 6.09. The third-order valence-corrected chi connectivity index (χ3v) is 4.40. The van der Waals surface area contributed by atoms with Crippen molar-refractivity contribution >= 4 is 0 Å². The van der Waals surface area contributed by atoms with Gasteiger partial charge in [0.15, 0.2) is 0 Å². The molecule has 3 atom stereocenters. The molecule has 2 aliphatic rings. The van der Waals surface area contributed by atoms with Gasteiger partial charge in [-0.3, -0.25) is 0 Å². The number of nitrogens with zero attached hydrogens (tertiary/aromatic N) is 1. The standard InChI is InChI=1S/C14H27NO2/c1-10(2)13-8-16-9-14(13)17-7-11(3)12-5-15(4)6-12/h10-14H,5-9H2,1-4H3. The molecule has 0 aromatic carbocycles. The summed E-state index contributed by atoms with van der Waals surface area (Å²) in [5, 5.41) is 0. The van der Waals surface area contributed by atoms with Gasteiger partial charge in [0, 0.05) is 25.6 Å². The minimum Gasteiger partial charge on any atom is -0.378 e. The molecule has 2 heterocycles. The first-order valence-electron chi connectivity index (χ1n) is 6.95. The third kappa shape index (κ3) is 3.21. The molecule has 3 nitrogen and oxygen atoms in total. The second-order valence-corrected chi connectivity index (χ2v) is 6.28. The fourth-order valence-corrected chi connectivity index (χ4v) is 2.86. The lowest BCUT2D eigenvalue weighted by Crippen LogP contribution is -2.48. The number of likely N-dealkylation sites (tertiary alicyclic amines) is 1. The minimum absolute atomic E-state index is 0.329. The Bertz CT molecular complexity index is 238. The molecule has 2 saturated heterocycles. The van der Waals surface area contributed by atoms with E-state index in [4.69, 9.17) is 9.47 Å². The molecule has 2 aliphatic heterocycles. The fourth-order valence-electron chi connectivity index (χ4n) is 2.86. The molecule has 2 rings (SSSR count). The minimum atomic E-state index is 0.329. The van der Waals surface area contributed by atoms with Crippen molar-refractivity contribution in [2.45, 2.75) is 26.9 Å². The number of ether oxygens (including phenoxy) is 2. The van der Waals surface area contributed by atoms with Crippen LogP contribution < -0.4 is 0 Å². The van der Waals surface area contributed by atoms with Crippen molar-refractivity contribution in [3.8, 4) is 0 Å². The zero-order valence-corrected chi connectivity index (χ0v) is 11.7. The predicted molar refractivity (Wildman–Crippen MR) is 69.0 cm³/mol. The van der Waals surface area contributed by atoms with E-state index in [2.05, 4.69) is 32.7 Å². The Hall–Kier alpha value is -0.120. The van der Waals surface area contributed by atoms with E-state index >= 15 is 0 Å². The quantitative estimate of drug-likeness (QED) is 0.733. The summed E-state index contributed by atoms with van der Waals surface area (Å²) in [5.74, 6) is 2.76. The summed E-state index contributed by atoms with van der Waals surface area (Å²) in [7, 11) is 2.18. The van der Waals surface area contributed by atoms with Gasteiger partial charge in [-0.2, -0.15) is 0 Å². The third-order valence-electron chi connectivity index (χ3n) is 4.40. The van der Waals surface area contributed by atoms with Crippen LogP contribution in [0.25, 0.3) is 0 Å². The van der Waals surface area contributed by atoms with Gasteiger partial charge in [-0.1, -0.05) is 20.8 Å². The van der Waals surface area contributed by atoms with Crippen molar-refractivity contribution in [1.82, 2.24) is 4.90 Å². The van der Waals surface area contributed by atoms with Crippen molar-refractivity contribution in [1.29, 1.82) is 0 Å². The molecule has 0 radical (unpaired) electrons. The van der Waals surface area contributed by atoms with Crippen LogP contribution in [0.1, 0.15) is 20.8 Å². The molecule has 0 aromatic rings. The predicted octanol–water partition coefficient (Wildman–Crippen LogP) is 1.87. The summed E-state index contributed by atoms with van der Waals surface area (Å²) >= 11 is 0. The molecule has 17 heavy (non-hydrogen) atoms. The normalized spacial score (nSPS) is 33.0. The van der Waals surface area contributed by atoms with E-state index < -0.39 is 0 Å². The number of hydrogen-bond acceptors (Lipinski definition) is 3. The second kappa shape index (κ2) is 5.68. The van der Waals surface area contributed by atoms with Crippen LogP contribution in [0.3, 0.4) is 0 Å². The Morgan fingerprint density at radius 3 is 2.53 bits per heavy atom. The van der Waals surface area contributed by atoms with Crippen LogP contribution in [-0.4, -0.2) is 51.0 Å². The Morgan fingerprint density at radius 1 is 1.24 bits per heavy atom. The molecule has 2 fully saturated rings. The van der Waals surface area contributed by atoms with Crippen LogP contribution in [-0.2, 0) is 9.47 Å². The van der Waals surface area contributed by atoms with Crippen molar-refractivity contribution in [3.63, 3.8) is 0 Å². The number of rotatable bonds is 5. The average molecular weight is 241 g/mol. The first-order valence-corrected chi connectivity index (χ1v) is 6.95. The maximum Gasteiger partial charge on any atom is 0.0861 e. The molecular weight excluding hydrogens is 214 g/mol. The SMILES string of the molecule is CC(C)C1COCC1OCC(C)C1CN(C)C1. The molecule has 100 valence electrons. The van der Waals surface area contributed by atoms with Gasteiger partial charge in [0.2, 0.25) is 0 Å². The van der Waals surface area contributed by atoms with E-state index in [1.54, 1.807) is 0 Å². The van der Waals surface area contributed by atoms with Crippen LogP contribution in [0.5, 0.6) is 0 Å². The molecule has 0 aromatic heterocycles. The van der Waals surface area contributed by atoms with Crippen molar-refractivity contribution in [2.24, 2.45) is 23.7 Å². The highest BCUT2D eigenvalue weighted by Gasteiger charge is 2.33. The highest BCUT2D eigenvalue weighted by atomic mass is 16.5. The monoisotopic (exact) mass is 241 g/mol. The molecule has 0 spiro atoms. The fraction of sp³-hybridized carbons (Fsp3) is 1.00. The van der Waals surface area contributed by atoms with Gasteiger partial charge in [0.1, 0.15) is 0 Å². The lowest BCUT2D eigenvalue weighted by Gasteiger charge is -2.40. The highest BCUT2D eigenvalue weighted by molar-refractivity contribution is 4.82. The first-order chi connectivity index (χ1) is 8.08. The summed E-state index contributed by atoms with van der Waals surface area (Å²) in [6, 6.07) is 0. The Balaban J connectivity index is 1.70. The van der Waals surface area contributed by atoms with E-state index in [0.717, 1.165) is 25.7 Å². The maximum atomic E-state index is 6.09. The van der Waals surface area contributed by atoms with Gasteiger partial charge in [0.05, 0.1) is 19.3 Å². The summed E-state index contributed by atoms with van der Waals surface area (Å²) in [4.78, 5) is 2.37. The second-order valence-electron chi connectivity index (χ2n) is 6.28. The average Bonchev–Trinajstić information content (AvgIpc) is 2.69. The van der Waals surface area contributed by atoms with Gasteiger partial charge in [-0.15, -0.1) is 0 Å². The molecule has 0 bridgehead atoms. The summed E-state index contributed by atoms with van der Waals surface area (Å²) in [5.41, 5.74) is 0. The van der Waals surface area contributed by atoms with E-state index in [1.807, 2.05) is 0 Å². The van der Waals surface area contributed by atoms with Crippen LogP contribution in [0, 0.1) is 23.7 Å². The van der Waals surface area contributed by atoms with E-state index in [9.17, 15) is 0 Å². The lowest BCUT2D eigenvalue weighted by molar-refractivity contribution is -0.0284. The summed E-state index contributed by atoms with van der Waals surface area (Å²) in [6.07, 6.45) is 0.329. The first kappa shape index (κ1) is 13.3. The van der Waals surface area contributed by atoms with Crippen molar-refractivity contribution in [3.05, 3.63) is 0 Å². The van der Waals surface area contributed by atoms with Gasteiger partial charge >= 0.3 is 0 Å². The summed E-state index contributed by atoms with van der Waals surface area (Å²) in [6.45, 7) is 11.9. The Kier molecular flexibility index (Phi) is 4.45.